The molecule has 2 aromatic heterocycles. The molecule has 0 amide bonds. The summed E-state index contributed by atoms with van der Waals surface area (Å²) >= 11 is 3.62. The summed E-state index contributed by atoms with van der Waals surface area (Å²) in [5.74, 6) is 3.23. The highest BCUT2D eigenvalue weighted by Crippen LogP contribution is 2.41. The monoisotopic (exact) mass is 358 g/mol. The number of aryl methyl sites for hydroxylation is 1. The Morgan fingerprint density at radius 2 is 2.29 bits per heavy atom. The molecule has 0 atom stereocenters. The van der Waals surface area contributed by atoms with Crippen LogP contribution in [0.2, 0.25) is 0 Å². The number of thioether (sulfide) groups is 2. The number of fused-ring (bicyclic) bond motifs is 2. The van der Waals surface area contributed by atoms with Gasteiger partial charge < -0.3 is 11.1 Å². The fourth-order valence-electron chi connectivity index (χ4n) is 3.10. The molecule has 3 N–H and O–H groups in total. The van der Waals surface area contributed by atoms with Gasteiger partial charge in [0.05, 0.1) is 17.1 Å². The zero-order chi connectivity index (χ0) is 16.5. The van der Waals surface area contributed by atoms with Crippen molar-refractivity contribution in [1.82, 2.24) is 20.1 Å². The Kier molecular flexibility index (Phi) is 4.39. The number of aromatic nitrogens is 3. The molecule has 0 unspecified atom stereocenters. The van der Waals surface area contributed by atoms with Crippen LogP contribution >= 0.6 is 23.5 Å². The topological polar surface area (TPSA) is 92.5 Å². The molecule has 2 aromatic rings. The molecule has 0 radical (unpaired) electrons. The first-order chi connectivity index (χ1) is 11.8. The maximum Gasteiger partial charge on any atom is 0.142 e. The van der Waals surface area contributed by atoms with Crippen LogP contribution in [0.4, 0.5) is 5.82 Å². The van der Waals surface area contributed by atoms with Crippen molar-refractivity contribution in [2.75, 3.05) is 23.8 Å². The van der Waals surface area contributed by atoms with Gasteiger partial charge in [-0.15, -0.1) is 11.8 Å². The van der Waals surface area contributed by atoms with E-state index in [4.69, 9.17) is 10.8 Å². The minimum absolute atomic E-state index is 0.315. The SMILES string of the molecule is N#Cc1c(N)nc2c(c1-c1cc3n(n1)CCCNC3)SCCSC2. The molecule has 0 aliphatic carbocycles. The molecule has 2 aliphatic rings. The van der Waals surface area contributed by atoms with Gasteiger partial charge in [-0.05, 0) is 19.0 Å². The second-order valence-electron chi connectivity index (χ2n) is 5.81. The fraction of sp³-hybridized carbons (Fsp3) is 0.438. The Morgan fingerprint density at radius 3 is 3.17 bits per heavy atom. The van der Waals surface area contributed by atoms with Crippen LogP contribution in [0.25, 0.3) is 11.3 Å². The molecule has 0 saturated heterocycles. The summed E-state index contributed by atoms with van der Waals surface area (Å²) in [5.41, 5.74) is 10.4. The predicted molar refractivity (Wildman–Crippen MR) is 97.8 cm³/mol. The van der Waals surface area contributed by atoms with Crippen LogP contribution < -0.4 is 11.1 Å². The Hall–Kier alpha value is -1.69. The highest BCUT2D eigenvalue weighted by Gasteiger charge is 2.24. The van der Waals surface area contributed by atoms with Gasteiger partial charge in [-0.3, -0.25) is 4.68 Å². The average molecular weight is 358 g/mol. The molecule has 2 aliphatic heterocycles. The van der Waals surface area contributed by atoms with Crippen molar-refractivity contribution in [1.29, 1.82) is 5.26 Å². The number of nitrogen functional groups attached to an aromatic ring is 1. The summed E-state index contributed by atoms with van der Waals surface area (Å²) in [6, 6.07) is 4.34. The van der Waals surface area contributed by atoms with Crippen molar-refractivity contribution in [3.05, 3.63) is 23.0 Å². The first kappa shape index (κ1) is 15.8. The standard InChI is InChI=1S/C16H18N6S2/c17-7-11-14(12-6-10-8-19-2-1-3-22(10)21-12)15-13(20-16(11)18)9-23-4-5-24-15/h6,19H,1-5,8-9H2,(H2,18,20). The number of nitrogens with two attached hydrogens (primary N) is 1. The summed E-state index contributed by atoms with van der Waals surface area (Å²) in [4.78, 5) is 5.57. The molecule has 4 heterocycles. The molecule has 6 nitrogen and oxygen atoms in total. The number of nitrogens with zero attached hydrogens (tertiary/aromatic N) is 4. The highest BCUT2D eigenvalue weighted by atomic mass is 32.2. The molecule has 0 bridgehead atoms. The quantitative estimate of drug-likeness (QED) is 0.807. The highest BCUT2D eigenvalue weighted by molar-refractivity contribution is 8.03. The molecule has 0 saturated carbocycles. The molecule has 0 aromatic carbocycles. The van der Waals surface area contributed by atoms with Crippen LogP contribution in [0.15, 0.2) is 11.0 Å². The lowest BCUT2D eigenvalue weighted by atomic mass is 10.1. The van der Waals surface area contributed by atoms with Gasteiger partial charge in [0.25, 0.3) is 0 Å². The number of pyridine rings is 1. The lowest BCUT2D eigenvalue weighted by Gasteiger charge is -2.13. The van der Waals surface area contributed by atoms with Crippen molar-refractivity contribution in [2.45, 2.75) is 30.2 Å². The molecule has 124 valence electrons. The molecule has 4 rings (SSSR count). The molecule has 8 heteroatoms. The van der Waals surface area contributed by atoms with Gasteiger partial charge in [-0.1, -0.05) is 0 Å². The van der Waals surface area contributed by atoms with Gasteiger partial charge in [-0.2, -0.15) is 22.1 Å². The summed E-state index contributed by atoms with van der Waals surface area (Å²) in [6.45, 7) is 2.71. The Labute approximate surface area is 149 Å². The number of hydrogen-bond acceptors (Lipinski definition) is 7. The average Bonchev–Trinajstić information content (AvgIpc) is 2.75. The van der Waals surface area contributed by atoms with E-state index in [-0.39, 0.29) is 0 Å². The molecule has 24 heavy (non-hydrogen) atoms. The number of nitriles is 1. The minimum atomic E-state index is 0.315. The zero-order valence-corrected chi connectivity index (χ0v) is 14.8. The van der Waals surface area contributed by atoms with Crippen LogP contribution in [0.5, 0.6) is 0 Å². The maximum atomic E-state index is 9.65. The third-order valence-electron chi connectivity index (χ3n) is 4.22. The van der Waals surface area contributed by atoms with E-state index in [2.05, 4.69) is 27.1 Å². The lowest BCUT2D eigenvalue weighted by Crippen LogP contribution is -2.11. The number of nitrogens with one attached hydrogen (secondary N) is 1. The molecular weight excluding hydrogens is 340 g/mol. The van der Waals surface area contributed by atoms with E-state index in [1.165, 1.54) is 0 Å². The van der Waals surface area contributed by atoms with Crippen LogP contribution in [0.1, 0.15) is 23.4 Å². The predicted octanol–water partition coefficient (Wildman–Crippen LogP) is 2.23. The largest absolute Gasteiger partial charge is 0.383 e. The van der Waals surface area contributed by atoms with E-state index in [9.17, 15) is 5.26 Å². The first-order valence-corrected chi connectivity index (χ1v) is 10.1. The summed E-state index contributed by atoms with van der Waals surface area (Å²) in [5, 5.41) is 17.8. The second kappa shape index (κ2) is 6.67. The lowest BCUT2D eigenvalue weighted by molar-refractivity contribution is 0.589. The van der Waals surface area contributed by atoms with E-state index >= 15 is 0 Å². The molecular formula is C16H18N6S2. The van der Waals surface area contributed by atoms with E-state index in [0.29, 0.717) is 11.4 Å². The zero-order valence-electron chi connectivity index (χ0n) is 13.2. The first-order valence-electron chi connectivity index (χ1n) is 7.98. The van der Waals surface area contributed by atoms with Gasteiger partial charge in [0.15, 0.2) is 0 Å². The van der Waals surface area contributed by atoms with Crippen LogP contribution in [-0.2, 0) is 18.8 Å². The van der Waals surface area contributed by atoms with Gasteiger partial charge >= 0.3 is 0 Å². The fourth-order valence-corrected chi connectivity index (χ4v) is 5.39. The Bertz CT molecular complexity index is 799. The minimum Gasteiger partial charge on any atom is -0.383 e. The normalized spacial score (nSPS) is 17.3. The van der Waals surface area contributed by atoms with Crippen LogP contribution in [0.3, 0.4) is 0 Å². The summed E-state index contributed by atoms with van der Waals surface area (Å²) < 4.78 is 2.05. The van der Waals surface area contributed by atoms with Crippen molar-refractivity contribution >= 4 is 29.3 Å². The Morgan fingerprint density at radius 1 is 1.38 bits per heavy atom. The summed E-state index contributed by atoms with van der Waals surface area (Å²) in [6.07, 6.45) is 1.06. The van der Waals surface area contributed by atoms with E-state index < -0.39 is 0 Å². The third kappa shape index (κ3) is 2.77. The van der Waals surface area contributed by atoms with Crippen molar-refractivity contribution in [3.8, 4) is 17.3 Å². The van der Waals surface area contributed by atoms with Gasteiger partial charge in [-0.25, -0.2) is 4.98 Å². The number of anilines is 1. The van der Waals surface area contributed by atoms with E-state index in [0.717, 1.165) is 70.9 Å². The van der Waals surface area contributed by atoms with Gasteiger partial charge in [0, 0.05) is 40.8 Å². The van der Waals surface area contributed by atoms with Crippen molar-refractivity contribution < 1.29 is 0 Å². The maximum absolute atomic E-state index is 9.65. The van der Waals surface area contributed by atoms with E-state index in [1.54, 1.807) is 11.8 Å². The van der Waals surface area contributed by atoms with Crippen molar-refractivity contribution in [3.63, 3.8) is 0 Å². The van der Waals surface area contributed by atoms with Gasteiger partial charge in [0.1, 0.15) is 17.5 Å². The van der Waals surface area contributed by atoms with Crippen molar-refractivity contribution in [2.24, 2.45) is 0 Å². The van der Waals surface area contributed by atoms with Crippen LogP contribution in [-0.4, -0.2) is 32.8 Å². The Balaban J connectivity index is 1.91. The van der Waals surface area contributed by atoms with E-state index in [1.807, 2.05) is 11.8 Å². The number of hydrogen-bond donors (Lipinski definition) is 2. The molecule has 0 spiro atoms. The second-order valence-corrected chi connectivity index (χ2v) is 8.02. The van der Waals surface area contributed by atoms with Gasteiger partial charge in [0.2, 0.25) is 0 Å². The molecule has 0 fully saturated rings. The third-order valence-corrected chi connectivity index (χ3v) is 6.59. The number of rotatable bonds is 1. The summed E-state index contributed by atoms with van der Waals surface area (Å²) in [7, 11) is 0. The smallest absolute Gasteiger partial charge is 0.142 e. The van der Waals surface area contributed by atoms with Crippen LogP contribution in [0, 0.1) is 11.3 Å².